The predicted octanol–water partition coefficient (Wildman–Crippen LogP) is 3.78. The van der Waals surface area contributed by atoms with E-state index in [1.54, 1.807) is 0 Å². The van der Waals surface area contributed by atoms with Gasteiger partial charge < -0.3 is 19.5 Å². The molecule has 2 aliphatic rings. The zero-order valence-corrected chi connectivity index (χ0v) is 15.3. The van der Waals surface area contributed by atoms with Crippen LogP contribution in [0.1, 0.15) is 31.2 Å². The van der Waals surface area contributed by atoms with Gasteiger partial charge in [-0.15, -0.1) is 13.2 Å². The number of fused-ring (bicyclic) bond motifs is 2. The van der Waals surface area contributed by atoms with Gasteiger partial charge in [0, 0.05) is 18.0 Å². The summed E-state index contributed by atoms with van der Waals surface area (Å²) in [6.07, 6.45) is -1.32. The van der Waals surface area contributed by atoms with Crippen molar-refractivity contribution in [1.29, 1.82) is 0 Å². The second-order valence-electron chi connectivity index (χ2n) is 7.85. The fourth-order valence-electron chi connectivity index (χ4n) is 4.84. The maximum Gasteiger partial charge on any atom is 0.573 e. The Morgan fingerprint density at radius 1 is 1.27 bits per heavy atom. The van der Waals surface area contributed by atoms with Gasteiger partial charge in [-0.1, -0.05) is 6.42 Å². The SMILES string of the molecule is COc1ccc(OC(F)(F)F)c([C@@]2(O)C[C@@H]3CC[C@@H](C3)[C@@H]2CN(C)C)c1. The van der Waals surface area contributed by atoms with Crippen molar-refractivity contribution in [3.05, 3.63) is 23.8 Å². The maximum atomic E-state index is 12.9. The summed E-state index contributed by atoms with van der Waals surface area (Å²) in [5.41, 5.74) is -1.19. The van der Waals surface area contributed by atoms with E-state index in [2.05, 4.69) is 4.74 Å². The third-order valence-electron chi connectivity index (χ3n) is 5.80. The number of aliphatic hydroxyl groups is 1. The highest BCUT2D eigenvalue weighted by Crippen LogP contribution is 2.56. The quantitative estimate of drug-likeness (QED) is 0.853. The lowest BCUT2D eigenvalue weighted by molar-refractivity contribution is -0.275. The van der Waals surface area contributed by atoms with Crippen molar-refractivity contribution in [3.63, 3.8) is 0 Å². The van der Waals surface area contributed by atoms with E-state index in [0.717, 1.165) is 19.3 Å². The van der Waals surface area contributed by atoms with Crippen LogP contribution in [0.3, 0.4) is 0 Å². The first kappa shape index (κ1) is 19.3. The second kappa shape index (κ2) is 6.93. The van der Waals surface area contributed by atoms with Crippen molar-refractivity contribution in [3.8, 4) is 11.5 Å². The van der Waals surface area contributed by atoms with Gasteiger partial charge in [0.15, 0.2) is 0 Å². The van der Waals surface area contributed by atoms with Crippen molar-refractivity contribution < 1.29 is 27.8 Å². The minimum Gasteiger partial charge on any atom is -0.497 e. The van der Waals surface area contributed by atoms with Crippen LogP contribution in [-0.2, 0) is 5.60 Å². The molecule has 0 aromatic heterocycles. The number of rotatable bonds is 5. The molecule has 1 N–H and O–H groups in total. The van der Waals surface area contributed by atoms with Crippen LogP contribution in [0.15, 0.2) is 18.2 Å². The van der Waals surface area contributed by atoms with Gasteiger partial charge in [-0.05, 0) is 63.4 Å². The third-order valence-corrected chi connectivity index (χ3v) is 5.80. The Labute approximate surface area is 151 Å². The first-order chi connectivity index (χ1) is 12.1. The molecule has 26 heavy (non-hydrogen) atoms. The number of halogens is 3. The van der Waals surface area contributed by atoms with Crippen molar-refractivity contribution in [2.45, 2.75) is 37.6 Å². The zero-order chi connectivity index (χ0) is 19.1. The number of methoxy groups -OCH3 is 1. The highest BCUT2D eigenvalue weighted by atomic mass is 19.4. The average Bonchev–Trinajstić information content (AvgIpc) is 2.93. The fraction of sp³-hybridized carbons (Fsp3) is 0.684. The Kier molecular flexibility index (Phi) is 5.14. The number of hydrogen-bond donors (Lipinski definition) is 1. The van der Waals surface area contributed by atoms with E-state index in [4.69, 9.17) is 4.74 Å². The monoisotopic (exact) mass is 373 g/mol. The van der Waals surface area contributed by atoms with Crippen molar-refractivity contribution in [1.82, 2.24) is 4.90 Å². The Morgan fingerprint density at radius 2 is 2.00 bits per heavy atom. The lowest BCUT2D eigenvalue weighted by atomic mass is 9.65. The molecule has 0 radical (unpaired) electrons. The number of ether oxygens (including phenoxy) is 2. The summed E-state index contributed by atoms with van der Waals surface area (Å²) in [6, 6.07) is 4.16. The van der Waals surface area contributed by atoms with Crippen LogP contribution in [-0.4, -0.2) is 44.1 Å². The Morgan fingerprint density at radius 3 is 2.62 bits per heavy atom. The largest absolute Gasteiger partial charge is 0.573 e. The lowest BCUT2D eigenvalue weighted by Crippen LogP contribution is -2.47. The molecule has 0 spiro atoms. The molecule has 4 nitrogen and oxygen atoms in total. The van der Waals surface area contributed by atoms with Gasteiger partial charge in [0.1, 0.15) is 11.5 Å². The number of hydrogen-bond acceptors (Lipinski definition) is 4. The maximum absolute atomic E-state index is 12.9. The van der Waals surface area contributed by atoms with Gasteiger partial charge in [-0.25, -0.2) is 0 Å². The van der Waals surface area contributed by atoms with E-state index in [-0.39, 0.29) is 17.2 Å². The van der Waals surface area contributed by atoms with E-state index in [0.29, 0.717) is 30.6 Å². The van der Waals surface area contributed by atoms with Crippen LogP contribution < -0.4 is 9.47 Å². The normalized spacial score (nSPS) is 31.3. The third kappa shape index (κ3) is 3.78. The van der Waals surface area contributed by atoms with Gasteiger partial charge in [-0.3, -0.25) is 0 Å². The number of nitrogens with zero attached hydrogens (tertiary/aromatic N) is 1. The van der Waals surface area contributed by atoms with Crippen LogP contribution in [0.4, 0.5) is 13.2 Å². The van der Waals surface area contributed by atoms with Crippen LogP contribution >= 0.6 is 0 Å². The molecule has 1 aromatic rings. The molecule has 0 saturated heterocycles. The minimum atomic E-state index is -4.82. The van der Waals surface area contributed by atoms with Crippen molar-refractivity contribution in [2.24, 2.45) is 17.8 Å². The van der Waals surface area contributed by atoms with Gasteiger partial charge in [0.05, 0.1) is 12.7 Å². The molecule has 0 amide bonds. The first-order valence-corrected chi connectivity index (χ1v) is 8.93. The van der Waals surface area contributed by atoms with Gasteiger partial charge in [0.25, 0.3) is 0 Å². The molecule has 0 aliphatic heterocycles. The Balaban J connectivity index is 2.08. The molecule has 0 heterocycles. The minimum absolute atomic E-state index is 0.154. The molecule has 0 unspecified atom stereocenters. The molecule has 1 aromatic carbocycles. The number of alkyl halides is 3. The molecule has 2 fully saturated rings. The number of benzene rings is 1. The fourth-order valence-corrected chi connectivity index (χ4v) is 4.84. The Bertz CT molecular complexity index is 649. The zero-order valence-electron chi connectivity index (χ0n) is 15.3. The predicted molar refractivity (Wildman–Crippen MR) is 91.1 cm³/mol. The molecule has 7 heteroatoms. The first-order valence-electron chi connectivity index (χ1n) is 8.93. The lowest BCUT2D eigenvalue weighted by Gasteiger charge is -2.46. The molecule has 2 saturated carbocycles. The molecule has 3 rings (SSSR count). The Hall–Kier alpha value is -1.47. The molecule has 2 bridgehead atoms. The molecule has 146 valence electrons. The van der Waals surface area contributed by atoms with Crippen LogP contribution in [0.2, 0.25) is 0 Å². The van der Waals surface area contributed by atoms with Gasteiger partial charge in [-0.2, -0.15) is 0 Å². The van der Waals surface area contributed by atoms with Crippen LogP contribution in [0.25, 0.3) is 0 Å². The molecular weight excluding hydrogens is 347 g/mol. The van der Waals surface area contributed by atoms with E-state index in [9.17, 15) is 18.3 Å². The summed E-state index contributed by atoms with van der Waals surface area (Å²) in [5, 5.41) is 11.7. The summed E-state index contributed by atoms with van der Waals surface area (Å²) in [5.74, 6) is 0.536. The summed E-state index contributed by atoms with van der Waals surface area (Å²) in [4.78, 5) is 1.98. The summed E-state index contributed by atoms with van der Waals surface area (Å²) >= 11 is 0. The summed E-state index contributed by atoms with van der Waals surface area (Å²) in [7, 11) is 5.29. The second-order valence-corrected chi connectivity index (χ2v) is 7.85. The van der Waals surface area contributed by atoms with Crippen LogP contribution in [0.5, 0.6) is 11.5 Å². The van der Waals surface area contributed by atoms with E-state index < -0.39 is 12.0 Å². The van der Waals surface area contributed by atoms with E-state index in [1.807, 2.05) is 19.0 Å². The van der Waals surface area contributed by atoms with E-state index in [1.165, 1.54) is 25.3 Å². The van der Waals surface area contributed by atoms with Crippen LogP contribution in [0, 0.1) is 17.8 Å². The van der Waals surface area contributed by atoms with Gasteiger partial charge >= 0.3 is 6.36 Å². The average molecular weight is 373 g/mol. The van der Waals surface area contributed by atoms with Crippen molar-refractivity contribution in [2.75, 3.05) is 27.7 Å². The van der Waals surface area contributed by atoms with Crippen molar-refractivity contribution >= 4 is 0 Å². The highest BCUT2D eigenvalue weighted by molar-refractivity contribution is 5.45. The molecular formula is C19H26F3NO3. The van der Waals surface area contributed by atoms with E-state index >= 15 is 0 Å². The molecule has 4 atom stereocenters. The summed E-state index contributed by atoms with van der Waals surface area (Å²) in [6.45, 7) is 0.608. The topological polar surface area (TPSA) is 41.9 Å². The van der Waals surface area contributed by atoms with Gasteiger partial charge in [0.2, 0.25) is 0 Å². The molecule has 2 aliphatic carbocycles. The highest BCUT2D eigenvalue weighted by Gasteiger charge is 2.53. The standard InChI is InChI=1S/C19H26F3NO3/c1-23(2)11-16-13-5-4-12(8-13)10-18(16,24)15-9-14(25-3)6-7-17(15)26-19(20,21)22/h6-7,9,12-13,16,24H,4-5,8,10-11H2,1-3H3/t12-,13+,16+,18+/m1/s1. The smallest absolute Gasteiger partial charge is 0.497 e. The summed E-state index contributed by atoms with van der Waals surface area (Å²) < 4.78 is 48.2.